The molecule has 2 N–H and O–H groups in total. The molecule has 1 unspecified atom stereocenters. The van der Waals surface area contributed by atoms with Crippen molar-refractivity contribution in [2.24, 2.45) is 0 Å². The van der Waals surface area contributed by atoms with Crippen molar-refractivity contribution in [1.29, 1.82) is 0 Å². The number of halogens is 2. The van der Waals surface area contributed by atoms with Crippen LogP contribution in [0.4, 0.5) is 0 Å². The molecule has 1 atom stereocenters. The van der Waals surface area contributed by atoms with Crippen LogP contribution in [-0.2, 0) is 0 Å². The summed E-state index contributed by atoms with van der Waals surface area (Å²) in [7, 11) is 0. The third kappa shape index (κ3) is 2.78. The van der Waals surface area contributed by atoms with E-state index in [9.17, 15) is 0 Å². The monoisotopic (exact) mass is 295 g/mol. The van der Waals surface area contributed by atoms with Crippen LogP contribution in [0.2, 0.25) is 10.0 Å². The van der Waals surface area contributed by atoms with Gasteiger partial charge in [0.1, 0.15) is 5.82 Å². The average molecular weight is 296 g/mol. The van der Waals surface area contributed by atoms with Crippen molar-refractivity contribution in [3.8, 4) is 11.3 Å². The topological polar surface area (TPSA) is 40.7 Å². The Bertz CT molecular complexity index is 574. The molecule has 1 aromatic carbocycles. The molecule has 2 aromatic rings. The first-order chi connectivity index (χ1) is 9.24. The summed E-state index contributed by atoms with van der Waals surface area (Å²) in [4.78, 5) is 7.82. The Morgan fingerprint density at radius 3 is 2.89 bits per heavy atom. The van der Waals surface area contributed by atoms with Gasteiger partial charge in [-0.2, -0.15) is 0 Å². The van der Waals surface area contributed by atoms with E-state index >= 15 is 0 Å². The highest BCUT2D eigenvalue weighted by Crippen LogP contribution is 2.30. The summed E-state index contributed by atoms with van der Waals surface area (Å²) >= 11 is 12.2. The molecule has 0 spiro atoms. The number of nitrogens with zero attached hydrogens (tertiary/aromatic N) is 1. The Kier molecular flexibility index (Phi) is 3.78. The van der Waals surface area contributed by atoms with Crippen LogP contribution in [-0.4, -0.2) is 16.5 Å². The van der Waals surface area contributed by atoms with E-state index in [1.54, 1.807) is 12.1 Å². The number of nitrogens with one attached hydrogen (secondary N) is 2. The molecule has 3 rings (SSSR count). The fraction of sp³-hybridized carbons (Fsp3) is 0.357. The van der Waals surface area contributed by atoms with Gasteiger partial charge in [-0.1, -0.05) is 29.6 Å². The first-order valence-corrected chi connectivity index (χ1v) is 7.23. The van der Waals surface area contributed by atoms with Gasteiger partial charge in [0.25, 0.3) is 0 Å². The zero-order chi connectivity index (χ0) is 13.2. The normalized spacial score (nSPS) is 19.6. The number of H-pyrrole nitrogens is 1. The van der Waals surface area contributed by atoms with Gasteiger partial charge in [0.05, 0.1) is 23.0 Å². The molecule has 19 heavy (non-hydrogen) atoms. The maximum atomic E-state index is 6.20. The van der Waals surface area contributed by atoms with E-state index in [1.807, 2.05) is 12.3 Å². The Morgan fingerprint density at radius 2 is 2.11 bits per heavy atom. The van der Waals surface area contributed by atoms with Gasteiger partial charge in [-0.3, -0.25) is 0 Å². The SMILES string of the molecule is Clc1ccc(Cl)c(-c2cnc(C3CCCCN3)[nH]2)c1. The Morgan fingerprint density at radius 1 is 1.21 bits per heavy atom. The Balaban J connectivity index is 1.89. The lowest BCUT2D eigenvalue weighted by Crippen LogP contribution is -2.27. The molecule has 1 aromatic heterocycles. The summed E-state index contributed by atoms with van der Waals surface area (Å²) in [6.07, 6.45) is 5.43. The largest absolute Gasteiger partial charge is 0.341 e. The molecule has 3 nitrogen and oxygen atoms in total. The van der Waals surface area contributed by atoms with E-state index in [0.29, 0.717) is 16.1 Å². The minimum absolute atomic E-state index is 0.320. The van der Waals surface area contributed by atoms with Gasteiger partial charge in [-0.15, -0.1) is 0 Å². The molecule has 1 aliphatic rings. The van der Waals surface area contributed by atoms with Crippen molar-refractivity contribution in [2.45, 2.75) is 25.3 Å². The highest BCUT2D eigenvalue weighted by molar-refractivity contribution is 6.35. The lowest BCUT2D eigenvalue weighted by molar-refractivity contribution is 0.399. The minimum atomic E-state index is 0.320. The van der Waals surface area contributed by atoms with E-state index in [4.69, 9.17) is 23.2 Å². The first kappa shape index (κ1) is 13.0. The van der Waals surface area contributed by atoms with Gasteiger partial charge in [-0.05, 0) is 37.6 Å². The molecule has 2 heterocycles. The number of imidazole rings is 1. The van der Waals surface area contributed by atoms with Crippen molar-refractivity contribution in [3.05, 3.63) is 40.3 Å². The van der Waals surface area contributed by atoms with Crippen molar-refractivity contribution in [1.82, 2.24) is 15.3 Å². The van der Waals surface area contributed by atoms with E-state index in [-0.39, 0.29) is 0 Å². The zero-order valence-corrected chi connectivity index (χ0v) is 11.9. The van der Waals surface area contributed by atoms with Gasteiger partial charge in [-0.25, -0.2) is 4.98 Å². The molecule has 1 aliphatic heterocycles. The van der Waals surface area contributed by atoms with Gasteiger partial charge in [0.2, 0.25) is 0 Å². The maximum absolute atomic E-state index is 6.20. The maximum Gasteiger partial charge on any atom is 0.123 e. The average Bonchev–Trinajstić information content (AvgIpc) is 2.92. The molecule has 1 fully saturated rings. The number of rotatable bonds is 2. The quantitative estimate of drug-likeness (QED) is 0.872. The highest BCUT2D eigenvalue weighted by atomic mass is 35.5. The van der Waals surface area contributed by atoms with Crippen molar-refractivity contribution >= 4 is 23.2 Å². The summed E-state index contributed by atoms with van der Waals surface area (Å²) in [5.41, 5.74) is 1.80. The second-order valence-corrected chi connectivity index (χ2v) is 5.65. The highest BCUT2D eigenvalue weighted by Gasteiger charge is 2.18. The fourth-order valence-electron chi connectivity index (χ4n) is 2.44. The van der Waals surface area contributed by atoms with E-state index in [1.165, 1.54) is 12.8 Å². The van der Waals surface area contributed by atoms with Gasteiger partial charge in [0, 0.05) is 10.6 Å². The molecule has 0 bridgehead atoms. The van der Waals surface area contributed by atoms with E-state index in [2.05, 4.69) is 15.3 Å². The smallest absolute Gasteiger partial charge is 0.123 e. The second-order valence-electron chi connectivity index (χ2n) is 4.81. The number of piperidine rings is 1. The zero-order valence-electron chi connectivity index (χ0n) is 10.4. The molecule has 0 saturated carbocycles. The van der Waals surface area contributed by atoms with Crippen LogP contribution < -0.4 is 5.32 Å². The molecule has 100 valence electrons. The number of aromatic amines is 1. The van der Waals surface area contributed by atoms with Crippen LogP contribution >= 0.6 is 23.2 Å². The molecular formula is C14H15Cl2N3. The third-order valence-electron chi connectivity index (χ3n) is 3.45. The van der Waals surface area contributed by atoms with Crippen LogP contribution in [0, 0.1) is 0 Å². The molecular weight excluding hydrogens is 281 g/mol. The number of aromatic nitrogens is 2. The molecule has 0 amide bonds. The van der Waals surface area contributed by atoms with Crippen LogP contribution in [0.25, 0.3) is 11.3 Å². The van der Waals surface area contributed by atoms with Gasteiger partial charge >= 0.3 is 0 Å². The number of benzene rings is 1. The predicted molar refractivity (Wildman–Crippen MR) is 78.6 cm³/mol. The second kappa shape index (κ2) is 5.53. The van der Waals surface area contributed by atoms with Gasteiger partial charge < -0.3 is 10.3 Å². The summed E-state index contributed by atoms with van der Waals surface area (Å²) in [5.74, 6) is 0.978. The van der Waals surface area contributed by atoms with Crippen LogP contribution in [0.3, 0.4) is 0 Å². The number of hydrogen-bond donors (Lipinski definition) is 2. The minimum Gasteiger partial charge on any atom is -0.341 e. The fourth-order valence-corrected chi connectivity index (χ4v) is 2.83. The lowest BCUT2D eigenvalue weighted by atomic mass is 10.0. The standard InChI is InChI=1S/C14H15Cl2N3/c15-9-4-5-11(16)10(7-9)13-8-18-14(19-13)12-3-1-2-6-17-12/h4-5,7-8,12,17H,1-3,6H2,(H,18,19). The summed E-state index contributed by atoms with van der Waals surface area (Å²) in [5, 5.41) is 4.82. The van der Waals surface area contributed by atoms with Gasteiger partial charge in [0.15, 0.2) is 0 Å². The third-order valence-corrected chi connectivity index (χ3v) is 4.02. The van der Waals surface area contributed by atoms with Crippen molar-refractivity contribution in [3.63, 3.8) is 0 Å². The van der Waals surface area contributed by atoms with Crippen LogP contribution in [0.15, 0.2) is 24.4 Å². The molecule has 1 saturated heterocycles. The predicted octanol–water partition coefficient (Wildman–Crippen LogP) is 4.20. The molecule has 0 aliphatic carbocycles. The summed E-state index contributed by atoms with van der Waals surface area (Å²) in [6, 6.07) is 5.77. The summed E-state index contributed by atoms with van der Waals surface area (Å²) < 4.78 is 0. The Labute approximate surface area is 122 Å². The Hall–Kier alpha value is -1.03. The van der Waals surface area contributed by atoms with Crippen molar-refractivity contribution < 1.29 is 0 Å². The number of hydrogen-bond acceptors (Lipinski definition) is 2. The molecule has 0 radical (unpaired) electrons. The van der Waals surface area contributed by atoms with Crippen LogP contribution in [0.1, 0.15) is 31.1 Å². The first-order valence-electron chi connectivity index (χ1n) is 6.48. The van der Waals surface area contributed by atoms with E-state index in [0.717, 1.165) is 30.0 Å². The van der Waals surface area contributed by atoms with Crippen molar-refractivity contribution in [2.75, 3.05) is 6.54 Å². The van der Waals surface area contributed by atoms with Crippen LogP contribution in [0.5, 0.6) is 0 Å². The van der Waals surface area contributed by atoms with E-state index < -0.39 is 0 Å². The lowest BCUT2D eigenvalue weighted by Gasteiger charge is -2.21. The summed E-state index contributed by atoms with van der Waals surface area (Å²) in [6.45, 7) is 1.05. The molecule has 5 heteroatoms.